The highest BCUT2D eigenvalue weighted by atomic mass is 32.2. The molecule has 0 radical (unpaired) electrons. The number of H-pyrrole nitrogens is 1. The molecule has 2 rings (SSSR count). The summed E-state index contributed by atoms with van der Waals surface area (Å²) in [4.78, 5) is -0.466. The van der Waals surface area contributed by atoms with Crippen molar-refractivity contribution in [3.63, 3.8) is 0 Å². The van der Waals surface area contributed by atoms with Gasteiger partial charge in [-0.25, -0.2) is 12.8 Å². The van der Waals surface area contributed by atoms with Gasteiger partial charge in [0.1, 0.15) is 22.3 Å². The van der Waals surface area contributed by atoms with Crippen molar-refractivity contribution in [3.05, 3.63) is 24.0 Å². The normalized spacial score (nSPS) is 11.5. The van der Waals surface area contributed by atoms with E-state index in [2.05, 4.69) is 10.2 Å². The van der Waals surface area contributed by atoms with Gasteiger partial charge in [-0.05, 0) is 12.1 Å². The van der Waals surface area contributed by atoms with Crippen molar-refractivity contribution in [2.24, 2.45) is 0 Å². The summed E-state index contributed by atoms with van der Waals surface area (Å²) in [6.07, 6.45) is 0.918. The third-order valence-corrected chi connectivity index (χ3v) is 3.65. The number of nitrogens with two attached hydrogens (primary N) is 1. The Kier molecular flexibility index (Phi) is 3.19. The number of nitrogen functional groups attached to an aromatic ring is 1. The first kappa shape index (κ1) is 13.3. The minimum Gasteiger partial charge on any atom is -0.495 e. The van der Waals surface area contributed by atoms with Crippen LogP contribution >= 0.6 is 0 Å². The van der Waals surface area contributed by atoms with Crippen LogP contribution in [0.15, 0.2) is 23.1 Å². The van der Waals surface area contributed by atoms with Crippen LogP contribution in [0.5, 0.6) is 5.75 Å². The van der Waals surface area contributed by atoms with Crippen LogP contribution in [0.1, 0.15) is 0 Å². The van der Waals surface area contributed by atoms with Gasteiger partial charge in [-0.1, -0.05) is 0 Å². The third-order valence-electron chi connectivity index (χ3n) is 2.51. The molecule has 0 saturated carbocycles. The number of hydrogen-bond acceptors (Lipinski definition) is 5. The fourth-order valence-electron chi connectivity index (χ4n) is 1.72. The molecule has 0 fully saturated rings. The van der Waals surface area contributed by atoms with Crippen LogP contribution in [0.3, 0.4) is 0 Å². The maximum atomic E-state index is 14.0. The van der Waals surface area contributed by atoms with E-state index in [1.165, 1.54) is 19.2 Å². The summed E-state index contributed by atoms with van der Waals surface area (Å²) in [5.74, 6) is -0.697. The third kappa shape index (κ3) is 2.53. The molecular formula is C11H12FN3O3S. The summed E-state index contributed by atoms with van der Waals surface area (Å²) in [5.41, 5.74) is 6.32. The molecule has 0 aliphatic carbocycles. The maximum absolute atomic E-state index is 14.0. The highest BCUT2D eigenvalue weighted by molar-refractivity contribution is 7.90. The summed E-state index contributed by atoms with van der Waals surface area (Å²) < 4.78 is 41.9. The van der Waals surface area contributed by atoms with Crippen molar-refractivity contribution in [2.75, 3.05) is 19.1 Å². The number of aromatic nitrogens is 2. The number of nitrogens with one attached hydrogen (secondary N) is 1. The zero-order chi connectivity index (χ0) is 14.2. The Bertz CT molecular complexity index is 725. The maximum Gasteiger partial charge on any atom is 0.182 e. The van der Waals surface area contributed by atoms with E-state index in [0.29, 0.717) is 11.3 Å². The first-order valence-corrected chi connectivity index (χ1v) is 7.11. The van der Waals surface area contributed by atoms with Gasteiger partial charge in [0.05, 0.1) is 12.8 Å². The second-order valence-corrected chi connectivity index (χ2v) is 5.92. The number of methoxy groups -OCH3 is 1. The van der Waals surface area contributed by atoms with Gasteiger partial charge in [-0.15, -0.1) is 0 Å². The lowest BCUT2D eigenvalue weighted by molar-refractivity contribution is 0.395. The van der Waals surface area contributed by atoms with Crippen LogP contribution in [0.25, 0.3) is 11.3 Å². The van der Waals surface area contributed by atoms with Crippen molar-refractivity contribution in [1.82, 2.24) is 10.2 Å². The van der Waals surface area contributed by atoms with Gasteiger partial charge in [-0.2, -0.15) is 5.10 Å². The number of halogens is 1. The first-order chi connectivity index (χ1) is 8.82. The van der Waals surface area contributed by atoms with Crippen LogP contribution < -0.4 is 10.5 Å². The number of rotatable bonds is 3. The van der Waals surface area contributed by atoms with Gasteiger partial charge in [-0.3, -0.25) is 5.10 Å². The molecule has 19 heavy (non-hydrogen) atoms. The molecule has 0 bridgehead atoms. The van der Waals surface area contributed by atoms with E-state index in [9.17, 15) is 12.8 Å². The molecule has 102 valence electrons. The van der Waals surface area contributed by atoms with Gasteiger partial charge in [0.2, 0.25) is 0 Å². The van der Waals surface area contributed by atoms with Crippen molar-refractivity contribution < 1.29 is 17.5 Å². The van der Waals surface area contributed by atoms with Crippen molar-refractivity contribution in [1.29, 1.82) is 0 Å². The molecule has 0 atom stereocenters. The molecule has 6 nitrogen and oxygen atoms in total. The molecule has 8 heteroatoms. The van der Waals surface area contributed by atoms with E-state index in [0.717, 1.165) is 12.3 Å². The lowest BCUT2D eigenvalue weighted by Crippen LogP contribution is -2.04. The summed E-state index contributed by atoms with van der Waals surface area (Å²) in [6.45, 7) is 0. The number of anilines is 1. The van der Waals surface area contributed by atoms with E-state index in [-0.39, 0.29) is 11.6 Å². The Labute approximate surface area is 109 Å². The van der Waals surface area contributed by atoms with Crippen molar-refractivity contribution >= 4 is 15.7 Å². The average Bonchev–Trinajstić information content (AvgIpc) is 2.73. The minimum atomic E-state index is -3.72. The molecule has 1 aromatic heterocycles. The Hall–Kier alpha value is -2.09. The molecule has 2 aromatic rings. The largest absolute Gasteiger partial charge is 0.495 e. The SMILES string of the molecule is COc1cc(-c2cc(N)n[nH]2)cc(F)c1S(C)(=O)=O. The average molecular weight is 285 g/mol. The molecule has 0 aliphatic rings. The van der Waals surface area contributed by atoms with E-state index in [4.69, 9.17) is 10.5 Å². The van der Waals surface area contributed by atoms with Gasteiger partial charge in [0.25, 0.3) is 0 Å². The van der Waals surface area contributed by atoms with Crippen LogP contribution in [0.2, 0.25) is 0 Å². The zero-order valence-electron chi connectivity index (χ0n) is 10.3. The van der Waals surface area contributed by atoms with Crippen LogP contribution in [0, 0.1) is 5.82 Å². The van der Waals surface area contributed by atoms with Crippen molar-refractivity contribution in [3.8, 4) is 17.0 Å². The molecule has 0 unspecified atom stereocenters. The summed E-state index contributed by atoms with van der Waals surface area (Å²) in [7, 11) is -2.45. The van der Waals surface area contributed by atoms with Crippen molar-refractivity contribution in [2.45, 2.75) is 4.90 Å². The van der Waals surface area contributed by atoms with Gasteiger partial charge < -0.3 is 10.5 Å². The molecule has 1 heterocycles. The molecule has 0 aliphatic heterocycles. The van der Waals surface area contributed by atoms with Crippen LogP contribution in [-0.4, -0.2) is 32.0 Å². The predicted molar refractivity (Wildman–Crippen MR) is 68.1 cm³/mol. The Morgan fingerprint density at radius 2 is 2.05 bits per heavy atom. The predicted octanol–water partition coefficient (Wildman–Crippen LogP) is 1.21. The molecule has 1 aromatic carbocycles. The minimum absolute atomic E-state index is 0.0642. The monoisotopic (exact) mass is 285 g/mol. The number of hydrogen-bond donors (Lipinski definition) is 2. The summed E-state index contributed by atoms with van der Waals surface area (Å²) in [6, 6.07) is 4.01. The molecule has 0 spiro atoms. The Morgan fingerprint density at radius 3 is 2.53 bits per heavy atom. The Balaban J connectivity index is 2.67. The number of benzene rings is 1. The summed E-state index contributed by atoms with van der Waals surface area (Å²) >= 11 is 0. The van der Waals surface area contributed by atoms with E-state index >= 15 is 0 Å². The summed E-state index contributed by atoms with van der Waals surface area (Å²) in [5, 5.41) is 6.33. The standard InChI is InChI=1S/C11H12FN3O3S/c1-18-9-4-6(8-5-10(13)15-14-8)3-7(12)11(9)19(2,16)17/h3-5H,1-2H3,(H3,13,14,15). The first-order valence-electron chi connectivity index (χ1n) is 5.21. The lowest BCUT2D eigenvalue weighted by Gasteiger charge is -2.10. The van der Waals surface area contributed by atoms with E-state index in [1.807, 2.05) is 0 Å². The van der Waals surface area contributed by atoms with Gasteiger partial charge in [0.15, 0.2) is 9.84 Å². The van der Waals surface area contributed by atoms with Gasteiger partial charge in [0, 0.05) is 17.9 Å². The fourth-order valence-corrected chi connectivity index (χ4v) is 2.64. The van der Waals surface area contributed by atoms with Gasteiger partial charge >= 0.3 is 0 Å². The molecule has 0 amide bonds. The highest BCUT2D eigenvalue weighted by Crippen LogP contribution is 2.32. The van der Waals surface area contributed by atoms with Crippen LogP contribution in [0.4, 0.5) is 10.2 Å². The Morgan fingerprint density at radius 1 is 1.37 bits per heavy atom. The zero-order valence-corrected chi connectivity index (χ0v) is 11.1. The fraction of sp³-hybridized carbons (Fsp3) is 0.182. The number of nitrogens with zero attached hydrogens (tertiary/aromatic N) is 1. The quantitative estimate of drug-likeness (QED) is 0.883. The number of sulfone groups is 1. The smallest absolute Gasteiger partial charge is 0.182 e. The second-order valence-electron chi connectivity index (χ2n) is 3.97. The topological polar surface area (TPSA) is 98.1 Å². The second kappa shape index (κ2) is 4.54. The van der Waals surface area contributed by atoms with Crippen LogP contribution in [-0.2, 0) is 9.84 Å². The number of ether oxygens (including phenoxy) is 1. The molecule has 0 saturated heterocycles. The lowest BCUT2D eigenvalue weighted by atomic mass is 10.1. The molecule has 3 N–H and O–H groups in total. The highest BCUT2D eigenvalue weighted by Gasteiger charge is 2.21. The number of aromatic amines is 1. The van der Waals surface area contributed by atoms with E-state index in [1.54, 1.807) is 0 Å². The molecular weight excluding hydrogens is 273 g/mol. The van der Waals surface area contributed by atoms with E-state index < -0.39 is 20.5 Å².